The number of rotatable bonds is 3. The lowest BCUT2D eigenvalue weighted by molar-refractivity contribution is 0.0943. The summed E-state index contributed by atoms with van der Waals surface area (Å²) in [7, 11) is 0. The van der Waals surface area contributed by atoms with Crippen LogP contribution in [0.4, 0.5) is 0 Å². The van der Waals surface area contributed by atoms with E-state index >= 15 is 0 Å². The molecular weight excluding hydrogens is 304 g/mol. The van der Waals surface area contributed by atoms with Gasteiger partial charge in [0.25, 0.3) is 0 Å². The highest BCUT2D eigenvalue weighted by Gasteiger charge is 2.23. The molecule has 0 fully saturated rings. The van der Waals surface area contributed by atoms with Crippen molar-refractivity contribution in [2.45, 2.75) is 30.7 Å². The Balaban J connectivity index is 1.69. The van der Waals surface area contributed by atoms with Crippen LogP contribution in [0.25, 0.3) is 10.9 Å². The number of hydrogen-bond acceptors (Lipinski definition) is 3. The molecule has 0 N–H and O–H groups in total. The zero-order chi connectivity index (χ0) is 15.6. The number of hydrogen-bond donors (Lipinski definition) is 0. The van der Waals surface area contributed by atoms with Crippen LogP contribution >= 0.6 is 11.8 Å². The van der Waals surface area contributed by atoms with Gasteiger partial charge in [0.2, 0.25) is 5.91 Å². The van der Waals surface area contributed by atoms with Crippen molar-refractivity contribution in [1.29, 1.82) is 0 Å². The van der Waals surface area contributed by atoms with Crippen molar-refractivity contribution in [2.24, 2.45) is 0 Å². The molecule has 0 atom stereocenters. The average molecular weight is 322 g/mol. The molecular formula is C19H18N2OS. The van der Waals surface area contributed by atoms with Gasteiger partial charge in [-0.05, 0) is 49.4 Å². The molecule has 116 valence electrons. The molecule has 1 aliphatic carbocycles. The van der Waals surface area contributed by atoms with Crippen LogP contribution in [0.1, 0.15) is 28.9 Å². The zero-order valence-corrected chi connectivity index (χ0v) is 13.7. The Hall–Kier alpha value is -2.07. The minimum atomic E-state index is 0.153. The molecule has 1 aliphatic rings. The molecule has 3 nitrogen and oxygen atoms in total. The van der Waals surface area contributed by atoms with Gasteiger partial charge in [-0.3, -0.25) is 9.36 Å². The third kappa shape index (κ3) is 2.68. The van der Waals surface area contributed by atoms with Gasteiger partial charge in [-0.2, -0.15) is 0 Å². The monoisotopic (exact) mass is 322 g/mol. The normalized spacial score (nSPS) is 13.9. The van der Waals surface area contributed by atoms with Gasteiger partial charge in [0.15, 0.2) is 0 Å². The molecule has 0 unspecified atom stereocenters. The number of pyridine rings is 1. The molecule has 3 aromatic rings. The van der Waals surface area contributed by atoms with E-state index in [2.05, 4.69) is 23.2 Å². The number of aryl methyl sites for hydroxylation is 1. The summed E-state index contributed by atoms with van der Waals surface area (Å²) in [6, 6.07) is 14.1. The molecule has 0 spiro atoms. The standard InChI is InChI=1S/C19H18N2OS/c22-19(13-23-18-11-5-6-12-20-18)21-16-9-3-1-7-14(16)15-8-2-4-10-17(15)21/h1,3,5-7,9,11-12H,2,4,8,10,13H2. The van der Waals surface area contributed by atoms with Crippen molar-refractivity contribution in [3.05, 3.63) is 59.9 Å². The fraction of sp³-hybridized carbons (Fsp3) is 0.263. The van der Waals surface area contributed by atoms with E-state index in [0.717, 1.165) is 23.4 Å². The van der Waals surface area contributed by atoms with Gasteiger partial charge in [0.05, 0.1) is 16.3 Å². The van der Waals surface area contributed by atoms with E-state index in [-0.39, 0.29) is 5.91 Å². The number of nitrogens with zero attached hydrogens (tertiary/aromatic N) is 2. The van der Waals surface area contributed by atoms with Crippen LogP contribution in [0.5, 0.6) is 0 Å². The van der Waals surface area contributed by atoms with Crippen molar-refractivity contribution in [1.82, 2.24) is 9.55 Å². The largest absolute Gasteiger partial charge is 0.283 e. The molecule has 2 heterocycles. The first-order valence-corrected chi connectivity index (χ1v) is 9.01. The maximum absolute atomic E-state index is 12.9. The fourth-order valence-corrected chi connectivity index (χ4v) is 4.12. The van der Waals surface area contributed by atoms with E-state index < -0.39 is 0 Å². The van der Waals surface area contributed by atoms with Crippen molar-refractivity contribution < 1.29 is 4.79 Å². The van der Waals surface area contributed by atoms with E-state index in [4.69, 9.17) is 0 Å². The van der Waals surface area contributed by atoms with E-state index in [1.54, 1.807) is 6.20 Å². The van der Waals surface area contributed by atoms with Crippen LogP contribution in [0.2, 0.25) is 0 Å². The second-order valence-electron chi connectivity index (χ2n) is 5.84. The number of benzene rings is 1. The second kappa shape index (κ2) is 6.20. The average Bonchev–Trinajstić information content (AvgIpc) is 2.95. The molecule has 0 bridgehead atoms. The molecule has 0 saturated heterocycles. The lowest BCUT2D eigenvalue weighted by atomic mass is 9.96. The summed E-state index contributed by atoms with van der Waals surface area (Å²) in [5.74, 6) is 0.572. The summed E-state index contributed by atoms with van der Waals surface area (Å²) in [5.41, 5.74) is 3.66. The molecule has 0 radical (unpaired) electrons. The minimum absolute atomic E-state index is 0.153. The molecule has 0 amide bonds. The van der Waals surface area contributed by atoms with Gasteiger partial charge in [-0.1, -0.05) is 36.0 Å². The summed E-state index contributed by atoms with van der Waals surface area (Å²) in [4.78, 5) is 17.2. The van der Waals surface area contributed by atoms with Crippen molar-refractivity contribution in [3.63, 3.8) is 0 Å². The van der Waals surface area contributed by atoms with E-state index in [0.29, 0.717) is 5.75 Å². The lowest BCUT2D eigenvalue weighted by Crippen LogP contribution is -2.18. The quantitative estimate of drug-likeness (QED) is 0.673. The summed E-state index contributed by atoms with van der Waals surface area (Å²) in [6.07, 6.45) is 6.25. The molecule has 0 saturated carbocycles. The third-order valence-electron chi connectivity index (χ3n) is 4.41. The highest BCUT2D eigenvalue weighted by Crippen LogP contribution is 2.32. The third-order valence-corrected chi connectivity index (χ3v) is 5.34. The Kier molecular flexibility index (Phi) is 3.92. The molecule has 4 rings (SSSR count). The highest BCUT2D eigenvalue weighted by molar-refractivity contribution is 7.99. The zero-order valence-electron chi connectivity index (χ0n) is 12.9. The van der Waals surface area contributed by atoms with Gasteiger partial charge < -0.3 is 0 Å². The topological polar surface area (TPSA) is 34.9 Å². The Bertz CT molecular complexity index is 854. The van der Waals surface area contributed by atoms with Crippen molar-refractivity contribution >= 4 is 28.6 Å². The van der Waals surface area contributed by atoms with Gasteiger partial charge in [-0.25, -0.2) is 4.98 Å². The van der Waals surface area contributed by atoms with Crippen LogP contribution in [0, 0.1) is 0 Å². The Labute approximate surface area is 139 Å². The van der Waals surface area contributed by atoms with E-state index in [1.807, 2.05) is 28.8 Å². The van der Waals surface area contributed by atoms with E-state index in [1.165, 1.54) is 41.2 Å². The number of aromatic nitrogens is 2. The number of carbonyl (C=O) groups excluding carboxylic acids is 1. The smallest absolute Gasteiger partial charge is 0.241 e. The minimum Gasteiger partial charge on any atom is -0.283 e. The van der Waals surface area contributed by atoms with Gasteiger partial charge >= 0.3 is 0 Å². The predicted octanol–water partition coefficient (Wildman–Crippen LogP) is 4.35. The summed E-state index contributed by atoms with van der Waals surface area (Å²) < 4.78 is 1.96. The number of para-hydroxylation sites is 1. The van der Waals surface area contributed by atoms with Crippen molar-refractivity contribution in [3.8, 4) is 0 Å². The molecule has 2 aromatic heterocycles. The summed E-state index contributed by atoms with van der Waals surface area (Å²) >= 11 is 1.50. The number of thioether (sulfide) groups is 1. The van der Waals surface area contributed by atoms with Crippen LogP contribution in [0.15, 0.2) is 53.7 Å². The van der Waals surface area contributed by atoms with E-state index in [9.17, 15) is 4.79 Å². The Morgan fingerprint density at radius 3 is 2.78 bits per heavy atom. The fourth-order valence-electron chi connectivity index (χ4n) is 3.41. The van der Waals surface area contributed by atoms with Gasteiger partial charge in [-0.15, -0.1) is 0 Å². The van der Waals surface area contributed by atoms with Gasteiger partial charge in [0, 0.05) is 17.3 Å². The summed E-state index contributed by atoms with van der Waals surface area (Å²) in [5, 5.41) is 2.14. The first kappa shape index (κ1) is 14.5. The number of carbonyl (C=O) groups is 1. The van der Waals surface area contributed by atoms with Crippen LogP contribution < -0.4 is 0 Å². The molecule has 23 heavy (non-hydrogen) atoms. The highest BCUT2D eigenvalue weighted by atomic mass is 32.2. The summed E-state index contributed by atoms with van der Waals surface area (Å²) in [6.45, 7) is 0. The van der Waals surface area contributed by atoms with Crippen LogP contribution in [-0.4, -0.2) is 21.2 Å². The van der Waals surface area contributed by atoms with Gasteiger partial charge in [0.1, 0.15) is 0 Å². The maximum Gasteiger partial charge on any atom is 0.241 e. The van der Waals surface area contributed by atoms with Crippen LogP contribution in [0.3, 0.4) is 0 Å². The molecule has 0 aliphatic heterocycles. The second-order valence-corrected chi connectivity index (χ2v) is 6.83. The number of fused-ring (bicyclic) bond motifs is 3. The SMILES string of the molecule is O=C(CSc1ccccn1)n1c2c(c3ccccc31)CCCC2. The molecule has 1 aromatic carbocycles. The van der Waals surface area contributed by atoms with Crippen LogP contribution in [-0.2, 0) is 12.8 Å². The molecule has 4 heteroatoms. The van der Waals surface area contributed by atoms with Crippen molar-refractivity contribution in [2.75, 3.05) is 5.75 Å². The maximum atomic E-state index is 12.9. The predicted molar refractivity (Wildman–Crippen MR) is 94.2 cm³/mol. The first-order chi connectivity index (χ1) is 11.3. The first-order valence-electron chi connectivity index (χ1n) is 8.03. The Morgan fingerprint density at radius 1 is 1.09 bits per heavy atom. The Morgan fingerprint density at radius 2 is 1.91 bits per heavy atom. The lowest BCUT2D eigenvalue weighted by Gasteiger charge is -2.15.